The summed E-state index contributed by atoms with van der Waals surface area (Å²) in [6.07, 6.45) is 1.99. The number of rotatable bonds is 5. The molecule has 0 aromatic carbocycles. The average molecular weight is 235 g/mol. The first kappa shape index (κ1) is 14.0. The Balaban J connectivity index is 2.95. The number of aryl methyl sites for hydroxylation is 1. The van der Waals surface area contributed by atoms with Gasteiger partial charge in [-0.05, 0) is 26.8 Å². The second-order valence-electron chi connectivity index (χ2n) is 5.19. The van der Waals surface area contributed by atoms with E-state index in [9.17, 15) is 0 Å². The zero-order valence-electron chi connectivity index (χ0n) is 11.9. The molecule has 17 heavy (non-hydrogen) atoms. The number of nitrogens with one attached hydrogen (secondary N) is 1. The van der Waals surface area contributed by atoms with E-state index in [2.05, 4.69) is 56.0 Å². The predicted molar refractivity (Wildman–Crippen MR) is 74.5 cm³/mol. The van der Waals surface area contributed by atoms with Crippen LogP contribution >= 0.6 is 0 Å². The summed E-state index contributed by atoms with van der Waals surface area (Å²) < 4.78 is 0. The van der Waals surface area contributed by atoms with E-state index in [0.29, 0.717) is 12.1 Å². The molecule has 3 nitrogen and oxygen atoms in total. The van der Waals surface area contributed by atoms with E-state index in [1.54, 1.807) is 0 Å². The number of hydrogen-bond donors (Lipinski definition) is 1. The average Bonchev–Trinajstić information content (AvgIpc) is 2.26. The fraction of sp³-hybridized carbons (Fsp3) is 0.643. The molecule has 0 amide bonds. The van der Waals surface area contributed by atoms with Gasteiger partial charge in [0.1, 0.15) is 0 Å². The maximum absolute atomic E-state index is 4.39. The fourth-order valence-corrected chi connectivity index (χ4v) is 1.63. The van der Waals surface area contributed by atoms with Crippen LogP contribution in [0.25, 0.3) is 0 Å². The summed E-state index contributed by atoms with van der Waals surface area (Å²) in [4.78, 5) is 6.69. The van der Waals surface area contributed by atoms with Crippen molar-refractivity contribution in [2.75, 3.05) is 11.9 Å². The molecule has 0 aliphatic rings. The highest BCUT2D eigenvalue weighted by Crippen LogP contribution is 2.21. The van der Waals surface area contributed by atoms with E-state index >= 15 is 0 Å². The van der Waals surface area contributed by atoms with Gasteiger partial charge in [-0.1, -0.05) is 13.8 Å². The molecule has 0 saturated heterocycles. The van der Waals surface area contributed by atoms with Gasteiger partial charge in [0, 0.05) is 48.8 Å². The van der Waals surface area contributed by atoms with Crippen molar-refractivity contribution in [2.24, 2.45) is 0 Å². The van der Waals surface area contributed by atoms with E-state index in [1.165, 1.54) is 11.3 Å². The maximum atomic E-state index is 4.39. The molecule has 0 fully saturated rings. The van der Waals surface area contributed by atoms with Gasteiger partial charge < -0.3 is 10.2 Å². The summed E-state index contributed by atoms with van der Waals surface area (Å²) in [6.45, 7) is 11.6. The van der Waals surface area contributed by atoms with Crippen LogP contribution in [0.2, 0.25) is 0 Å². The second kappa shape index (κ2) is 6.01. The molecular weight excluding hydrogens is 210 g/mol. The normalized spacial score (nSPS) is 11.3. The van der Waals surface area contributed by atoms with Crippen LogP contribution in [0.4, 0.5) is 5.69 Å². The van der Waals surface area contributed by atoms with Crippen LogP contribution in [0.15, 0.2) is 12.3 Å². The number of hydrogen-bond acceptors (Lipinski definition) is 3. The summed E-state index contributed by atoms with van der Waals surface area (Å²) in [5.41, 5.74) is 3.61. The Morgan fingerprint density at radius 1 is 1.29 bits per heavy atom. The van der Waals surface area contributed by atoms with E-state index < -0.39 is 0 Å². The highest BCUT2D eigenvalue weighted by molar-refractivity contribution is 5.53. The predicted octanol–water partition coefficient (Wildman–Crippen LogP) is 2.73. The van der Waals surface area contributed by atoms with Crippen LogP contribution in [0, 0.1) is 6.92 Å². The fourth-order valence-electron chi connectivity index (χ4n) is 1.63. The van der Waals surface area contributed by atoms with Crippen LogP contribution < -0.4 is 10.2 Å². The Kier molecular flexibility index (Phi) is 4.94. The van der Waals surface area contributed by atoms with E-state index in [0.717, 1.165) is 12.2 Å². The summed E-state index contributed by atoms with van der Waals surface area (Å²) in [5, 5.41) is 3.45. The molecule has 0 unspecified atom stereocenters. The van der Waals surface area contributed by atoms with Crippen molar-refractivity contribution >= 4 is 5.69 Å². The molecule has 1 heterocycles. The van der Waals surface area contributed by atoms with Gasteiger partial charge in [0.15, 0.2) is 0 Å². The highest BCUT2D eigenvalue weighted by Gasteiger charge is 2.11. The highest BCUT2D eigenvalue weighted by atomic mass is 15.1. The molecule has 0 bridgehead atoms. The minimum atomic E-state index is 0.494. The Morgan fingerprint density at radius 3 is 2.47 bits per heavy atom. The molecule has 96 valence electrons. The third kappa shape index (κ3) is 4.00. The third-order valence-electron chi connectivity index (χ3n) is 2.95. The number of pyridine rings is 1. The minimum absolute atomic E-state index is 0.494. The van der Waals surface area contributed by atoms with Crippen LogP contribution in [-0.4, -0.2) is 24.1 Å². The van der Waals surface area contributed by atoms with E-state index in [1.807, 2.05) is 13.1 Å². The Hall–Kier alpha value is -1.09. The van der Waals surface area contributed by atoms with E-state index in [4.69, 9.17) is 0 Å². The third-order valence-corrected chi connectivity index (χ3v) is 2.95. The van der Waals surface area contributed by atoms with Crippen molar-refractivity contribution in [1.29, 1.82) is 0 Å². The Bertz CT molecular complexity index is 358. The first-order valence-corrected chi connectivity index (χ1v) is 6.33. The molecule has 1 N–H and O–H groups in total. The SMILES string of the molecule is Cc1cc(N(C)C(C)C)c(CNC(C)C)cn1. The minimum Gasteiger partial charge on any atom is -0.372 e. The molecule has 0 saturated carbocycles. The molecule has 0 spiro atoms. The molecule has 0 aliphatic carbocycles. The van der Waals surface area contributed by atoms with Crippen LogP contribution in [0.1, 0.15) is 39.0 Å². The monoisotopic (exact) mass is 235 g/mol. The van der Waals surface area contributed by atoms with Gasteiger partial charge >= 0.3 is 0 Å². The molecule has 1 rings (SSSR count). The Labute approximate surface area is 105 Å². The van der Waals surface area contributed by atoms with Gasteiger partial charge in [0.25, 0.3) is 0 Å². The molecule has 0 radical (unpaired) electrons. The molecule has 1 aromatic heterocycles. The van der Waals surface area contributed by atoms with Gasteiger partial charge in [-0.3, -0.25) is 4.98 Å². The van der Waals surface area contributed by atoms with Crippen molar-refractivity contribution in [3.63, 3.8) is 0 Å². The molecule has 0 aliphatic heterocycles. The summed E-state index contributed by atoms with van der Waals surface area (Å²) >= 11 is 0. The Morgan fingerprint density at radius 2 is 1.94 bits per heavy atom. The zero-order valence-corrected chi connectivity index (χ0v) is 11.9. The second-order valence-corrected chi connectivity index (χ2v) is 5.19. The summed E-state index contributed by atoms with van der Waals surface area (Å²) in [6, 6.07) is 3.15. The smallest absolute Gasteiger partial charge is 0.0445 e. The van der Waals surface area contributed by atoms with Crippen molar-refractivity contribution in [3.05, 3.63) is 23.5 Å². The first-order chi connectivity index (χ1) is 7.91. The number of nitrogens with zero attached hydrogens (tertiary/aromatic N) is 2. The first-order valence-electron chi connectivity index (χ1n) is 6.33. The maximum Gasteiger partial charge on any atom is 0.0445 e. The molecular formula is C14H25N3. The topological polar surface area (TPSA) is 28.2 Å². The molecule has 3 heteroatoms. The van der Waals surface area contributed by atoms with Crippen LogP contribution in [-0.2, 0) is 6.54 Å². The summed E-state index contributed by atoms with van der Waals surface area (Å²) in [5.74, 6) is 0. The largest absolute Gasteiger partial charge is 0.372 e. The zero-order chi connectivity index (χ0) is 13.0. The molecule has 0 atom stereocenters. The standard InChI is InChI=1S/C14H25N3/c1-10(2)15-8-13-9-16-12(5)7-14(13)17(6)11(3)4/h7,9-11,15H,8H2,1-6H3. The van der Waals surface area contributed by atoms with Crippen molar-refractivity contribution < 1.29 is 0 Å². The van der Waals surface area contributed by atoms with Crippen molar-refractivity contribution in [2.45, 2.75) is 53.2 Å². The van der Waals surface area contributed by atoms with Gasteiger partial charge in [-0.2, -0.15) is 0 Å². The summed E-state index contributed by atoms with van der Waals surface area (Å²) in [7, 11) is 2.14. The lowest BCUT2D eigenvalue weighted by atomic mass is 10.1. The van der Waals surface area contributed by atoms with Gasteiger partial charge in [0.2, 0.25) is 0 Å². The van der Waals surface area contributed by atoms with Crippen LogP contribution in [0.3, 0.4) is 0 Å². The number of aromatic nitrogens is 1. The van der Waals surface area contributed by atoms with Crippen molar-refractivity contribution in [1.82, 2.24) is 10.3 Å². The lowest BCUT2D eigenvalue weighted by molar-refractivity contribution is 0.586. The lowest BCUT2D eigenvalue weighted by Gasteiger charge is -2.27. The van der Waals surface area contributed by atoms with E-state index in [-0.39, 0.29) is 0 Å². The van der Waals surface area contributed by atoms with Gasteiger partial charge in [-0.15, -0.1) is 0 Å². The van der Waals surface area contributed by atoms with Gasteiger partial charge in [-0.25, -0.2) is 0 Å². The molecule has 1 aromatic rings. The quantitative estimate of drug-likeness (QED) is 0.850. The van der Waals surface area contributed by atoms with Gasteiger partial charge in [0.05, 0.1) is 0 Å². The lowest BCUT2D eigenvalue weighted by Crippen LogP contribution is -2.29. The van der Waals surface area contributed by atoms with Crippen LogP contribution in [0.5, 0.6) is 0 Å². The van der Waals surface area contributed by atoms with Crippen molar-refractivity contribution in [3.8, 4) is 0 Å². The number of anilines is 1.